The van der Waals surface area contributed by atoms with E-state index in [0.29, 0.717) is 12.1 Å². The van der Waals surface area contributed by atoms with Gasteiger partial charge in [-0.1, -0.05) is 0 Å². The highest BCUT2D eigenvalue weighted by Gasteiger charge is 2.75. The van der Waals surface area contributed by atoms with Crippen LogP contribution in [0.15, 0.2) is 30.7 Å². The van der Waals surface area contributed by atoms with E-state index in [2.05, 4.69) is 4.98 Å². The van der Waals surface area contributed by atoms with Crippen LogP contribution in [0.3, 0.4) is 0 Å². The van der Waals surface area contributed by atoms with Gasteiger partial charge in [0.1, 0.15) is 11.2 Å². The zero-order chi connectivity index (χ0) is 16.9. The number of hydrogen-bond donors (Lipinski definition) is 1. The monoisotopic (exact) mass is 327 g/mol. The molecule has 7 nitrogen and oxygen atoms in total. The maximum Gasteiger partial charge on any atom is 0.240 e. The molecule has 3 aliphatic rings. The van der Waals surface area contributed by atoms with Gasteiger partial charge in [0.05, 0.1) is 29.2 Å². The Hall–Kier alpha value is -2.25. The summed E-state index contributed by atoms with van der Waals surface area (Å²) < 4.78 is 7.75. The number of amides is 2. The third kappa shape index (κ3) is 1.43. The van der Waals surface area contributed by atoms with E-state index in [0.717, 1.165) is 5.65 Å². The van der Waals surface area contributed by atoms with Crippen LogP contribution in [0.5, 0.6) is 0 Å². The molecule has 3 aliphatic heterocycles. The minimum Gasteiger partial charge on any atom is -0.390 e. The summed E-state index contributed by atoms with van der Waals surface area (Å²) in [6.45, 7) is 3.56. The Kier molecular flexibility index (Phi) is 2.38. The average molecular weight is 327 g/mol. The molecule has 3 fully saturated rings. The summed E-state index contributed by atoms with van der Waals surface area (Å²) in [6, 6.07) is 3.50. The molecule has 124 valence electrons. The molecule has 0 spiro atoms. The number of rotatable bonds is 1. The van der Waals surface area contributed by atoms with Gasteiger partial charge in [0, 0.05) is 25.0 Å². The number of ether oxygens (including phenoxy) is 1. The largest absolute Gasteiger partial charge is 0.390 e. The Morgan fingerprint density at radius 1 is 1.25 bits per heavy atom. The van der Waals surface area contributed by atoms with Crippen molar-refractivity contribution in [3.8, 4) is 0 Å². The highest BCUT2D eigenvalue weighted by Crippen LogP contribution is 2.60. The molecule has 0 saturated carbocycles. The van der Waals surface area contributed by atoms with Crippen LogP contribution in [0.2, 0.25) is 0 Å². The number of aliphatic hydroxyl groups excluding tert-OH is 1. The van der Waals surface area contributed by atoms with Gasteiger partial charge >= 0.3 is 0 Å². The van der Waals surface area contributed by atoms with Crippen molar-refractivity contribution in [2.45, 2.75) is 37.6 Å². The number of carbonyl (C=O) groups is 2. The molecule has 5 rings (SSSR count). The Balaban J connectivity index is 1.63. The number of imidazole rings is 1. The molecule has 2 amide bonds. The van der Waals surface area contributed by atoms with Gasteiger partial charge in [0.2, 0.25) is 11.8 Å². The zero-order valence-corrected chi connectivity index (χ0v) is 13.3. The number of nitrogens with zero attached hydrogens (tertiary/aromatic N) is 3. The summed E-state index contributed by atoms with van der Waals surface area (Å²) >= 11 is 0. The number of hydrogen-bond acceptors (Lipinski definition) is 5. The van der Waals surface area contributed by atoms with Crippen LogP contribution in [0.4, 0.5) is 5.69 Å². The van der Waals surface area contributed by atoms with Crippen LogP contribution < -0.4 is 4.90 Å². The van der Waals surface area contributed by atoms with E-state index in [9.17, 15) is 14.7 Å². The lowest BCUT2D eigenvalue weighted by molar-refractivity contribution is -0.132. The predicted molar refractivity (Wildman–Crippen MR) is 83.2 cm³/mol. The first-order valence-electron chi connectivity index (χ1n) is 8.04. The normalized spacial score (nSPS) is 40.8. The lowest BCUT2D eigenvalue weighted by atomic mass is 9.67. The molecule has 0 radical (unpaired) electrons. The maximum atomic E-state index is 13.0. The molecule has 2 bridgehead atoms. The first-order valence-corrected chi connectivity index (χ1v) is 8.04. The molecule has 5 atom stereocenters. The Labute approximate surface area is 137 Å². The van der Waals surface area contributed by atoms with Crippen molar-refractivity contribution in [2.75, 3.05) is 4.90 Å². The fourth-order valence-corrected chi connectivity index (χ4v) is 4.82. The predicted octanol–water partition coefficient (Wildman–Crippen LogP) is 0.752. The standard InChI is InChI=1S/C17H17N3O4/c1-16-7-10(21)17(2,24-16)13-12(16)14(22)20(15(13)23)9-3-4-11-18-5-6-19(11)8-9/h3-6,8,10,12-13,21H,7H2,1-2H3/t10-,12+,13-,16?,17?/m0/s1. The number of pyridine rings is 1. The topological polar surface area (TPSA) is 84.1 Å². The van der Waals surface area contributed by atoms with Crippen molar-refractivity contribution in [3.05, 3.63) is 30.7 Å². The molecule has 0 aromatic carbocycles. The van der Waals surface area contributed by atoms with Crippen molar-refractivity contribution in [2.24, 2.45) is 11.8 Å². The second kappa shape index (κ2) is 4.04. The minimum atomic E-state index is -1.000. The molecular weight excluding hydrogens is 310 g/mol. The number of imide groups is 1. The van der Waals surface area contributed by atoms with Gasteiger partial charge in [-0.05, 0) is 26.0 Å². The number of fused-ring (bicyclic) bond motifs is 6. The second-order valence-electron chi connectivity index (χ2n) is 7.37. The van der Waals surface area contributed by atoms with Crippen LogP contribution in [0.25, 0.3) is 5.65 Å². The smallest absolute Gasteiger partial charge is 0.240 e. The third-order valence-corrected chi connectivity index (χ3v) is 5.93. The van der Waals surface area contributed by atoms with Crippen LogP contribution in [-0.2, 0) is 14.3 Å². The van der Waals surface area contributed by atoms with Gasteiger partial charge in [-0.15, -0.1) is 0 Å². The Bertz CT molecular complexity index is 908. The van der Waals surface area contributed by atoms with E-state index in [4.69, 9.17) is 4.74 Å². The highest BCUT2D eigenvalue weighted by molar-refractivity contribution is 6.23. The number of aromatic nitrogens is 2. The van der Waals surface area contributed by atoms with Crippen molar-refractivity contribution in [3.63, 3.8) is 0 Å². The molecule has 5 heterocycles. The van der Waals surface area contributed by atoms with Gasteiger partial charge in [-0.25, -0.2) is 9.88 Å². The van der Waals surface area contributed by atoms with E-state index in [1.54, 1.807) is 42.0 Å². The molecular formula is C17H17N3O4. The molecule has 7 heteroatoms. The lowest BCUT2D eigenvalue weighted by Crippen LogP contribution is -2.49. The van der Waals surface area contributed by atoms with Gasteiger partial charge in [-0.3, -0.25) is 9.59 Å². The summed E-state index contributed by atoms with van der Waals surface area (Å²) in [5.74, 6) is -1.73. The minimum absolute atomic E-state index is 0.248. The second-order valence-corrected chi connectivity index (χ2v) is 7.37. The first-order chi connectivity index (χ1) is 11.3. The summed E-state index contributed by atoms with van der Waals surface area (Å²) in [6.07, 6.45) is 4.79. The van der Waals surface area contributed by atoms with Crippen LogP contribution in [0, 0.1) is 11.8 Å². The quantitative estimate of drug-likeness (QED) is 0.782. The summed E-state index contributed by atoms with van der Waals surface area (Å²) in [7, 11) is 0. The molecule has 2 unspecified atom stereocenters. The van der Waals surface area contributed by atoms with E-state index < -0.39 is 29.1 Å². The van der Waals surface area contributed by atoms with Gasteiger partial charge < -0.3 is 14.2 Å². The van der Waals surface area contributed by atoms with E-state index in [-0.39, 0.29) is 11.8 Å². The number of carbonyl (C=O) groups excluding carboxylic acids is 2. The summed E-state index contributed by atoms with van der Waals surface area (Å²) in [4.78, 5) is 31.5. The van der Waals surface area contributed by atoms with Crippen molar-refractivity contribution >= 4 is 23.1 Å². The molecule has 24 heavy (non-hydrogen) atoms. The molecule has 3 saturated heterocycles. The highest BCUT2D eigenvalue weighted by atomic mass is 16.6. The van der Waals surface area contributed by atoms with Crippen LogP contribution >= 0.6 is 0 Å². The lowest BCUT2D eigenvalue weighted by Gasteiger charge is -2.31. The van der Waals surface area contributed by atoms with Crippen LogP contribution in [-0.4, -0.2) is 43.6 Å². The SMILES string of the molecule is CC12C[C@H](O)C(C)(O1)[C@@H]1C(=O)N(c3ccc4nccn4c3)C(=O)[C@@H]12. The van der Waals surface area contributed by atoms with Crippen molar-refractivity contribution < 1.29 is 19.4 Å². The Morgan fingerprint density at radius 3 is 2.79 bits per heavy atom. The van der Waals surface area contributed by atoms with Gasteiger partial charge in [0.15, 0.2) is 0 Å². The van der Waals surface area contributed by atoms with E-state index >= 15 is 0 Å². The molecule has 2 aromatic heterocycles. The Morgan fingerprint density at radius 2 is 2.00 bits per heavy atom. The maximum absolute atomic E-state index is 13.0. The van der Waals surface area contributed by atoms with E-state index in [1.165, 1.54) is 4.90 Å². The summed E-state index contributed by atoms with van der Waals surface area (Å²) in [5, 5.41) is 10.3. The van der Waals surface area contributed by atoms with Crippen molar-refractivity contribution in [1.82, 2.24) is 9.38 Å². The van der Waals surface area contributed by atoms with Crippen molar-refractivity contribution in [1.29, 1.82) is 0 Å². The summed E-state index contributed by atoms with van der Waals surface area (Å²) in [5.41, 5.74) is -0.527. The van der Waals surface area contributed by atoms with Crippen LogP contribution in [0.1, 0.15) is 20.3 Å². The zero-order valence-electron chi connectivity index (χ0n) is 13.3. The first kappa shape index (κ1) is 14.1. The fourth-order valence-electron chi connectivity index (χ4n) is 4.82. The molecule has 1 N–H and O–H groups in total. The van der Waals surface area contributed by atoms with E-state index in [1.807, 2.05) is 6.92 Å². The third-order valence-electron chi connectivity index (χ3n) is 5.93. The average Bonchev–Trinajstić information content (AvgIpc) is 3.19. The number of anilines is 1. The number of aliphatic hydroxyl groups is 1. The van der Waals surface area contributed by atoms with Gasteiger partial charge in [-0.2, -0.15) is 0 Å². The fraction of sp³-hybridized carbons (Fsp3) is 0.471. The molecule has 0 aliphatic carbocycles. The molecule has 2 aromatic rings. The van der Waals surface area contributed by atoms with Gasteiger partial charge in [0.25, 0.3) is 0 Å².